The van der Waals surface area contributed by atoms with Gasteiger partial charge in [0, 0.05) is 68.6 Å². The number of carbonyl (C=O) groups is 1. The highest BCUT2D eigenvalue weighted by Gasteiger charge is 2.31. The molecule has 2 aromatic carbocycles. The van der Waals surface area contributed by atoms with E-state index in [1.165, 1.54) is 23.9 Å². The third kappa shape index (κ3) is 7.38. The maximum absolute atomic E-state index is 13.1. The molecule has 0 spiro atoms. The summed E-state index contributed by atoms with van der Waals surface area (Å²) in [7, 11) is 1.59. The number of benzene rings is 2. The molecule has 11 heteroatoms. The smallest absolute Gasteiger partial charge is 0.383 e. The van der Waals surface area contributed by atoms with Crippen molar-refractivity contribution in [1.82, 2.24) is 15.3 Å². The zero-order valence-corrected chi connectivity index (χ0v) is 22.1. The first-order valence-electron chi connectivity index (χ1n) is 12.2. The maximum Gasteiger partial charge on any atom is 0.416 e. The Hall–Kier alpha value is -3.31. The number of halogens is 3. The average Bonchev–Trinajstić information content (AvgIpc) is 2.91. The zero-order chi connectivity index (χ0) is 27.1. The van der Waals surface area contributed by atoms with Gasteiger partial charge in [-0.25, -0.2) is 9.97 Å². The van der Waals surface area contributed by atoms with Crippen LogP contribution in [0.4, 0.5) is 24.7 Å². The van der Waals surface area contributed by atoms with Crippen molar-refractivity contribution in [2.45, 2.75) is 24.0 Å². The molecule has 202 valence electrons. The molecule has 4 rings (SSSR count). The molecule has 1 N–H and O–H groups in total. The molecule has 0 aliphatic carbocycles. The zero-order valence-electron chi connectivity index (χ0n) is 21.3. The minimum atomic E-state index is -4.36. The van der Waals surface area contributed by atoms with Crippen molar-refractivity contribution >= 4 is 29.2 Å². The number of nitrogens with zero attached hydrogens (tertiary/aromatic N) is 4. The number of piperazine rings is 1. The minimum absolute atomic E-state index is 0.146. The number of nitrogens with one attached hydrogen (secondary N) is 1. The van der Waals surface area contributed by atoms with Gasteiger partial charge in [0.1, 0.15) is 5.82 Å². The number of thioether (sulfide) groups is 1. The summed E-state index contributed by atoms with van der Waals surface area (Å²) in [6, 6.07) is 14.8. The first kappa shape index (κ1) is 27.7. The van der Waals surface area contributed by atoms with Crippen molar-refractivity contribution in [1.29, 1.82) is 0 Å². The molecule has 0 unspecified atom stereocenters. The van der Waals surface area contributed by atoms with Crippen molar-refractivity contribution in [3.05, 3.63) is 77.0 Å². The summed E-state index contributed by atoms with van der Waals surface area (Å²) in [5, 5.41) is 3.46. The largest absolute Gasteiger partial charge is 0.416 e. The Bertz CT molecular complexity index is 1250. The Balaban J connectivity index is 1.37. The number of alkyl halides is 3. The standard InChI is InChI=1S/C27H30F3N5O2S/c1-19-15-24(35-12-10-34(11-13-35)23-8-4-7-22(17-23)27(28,29)30)33-26(32-19)38-18-20-5-3-6-21(16-20)25(36)31-9-14-37-2/h3-8,15-17H,9-14,18H2,1-2H3,(H,31,36). The number of amides is 1. The van der Waals surface area contributed by atoms with E-state index < -0.39 is 11.7 Å². The third-order valence-electron chi connectivity index (χ3n) is 6.11. The number of rotatable bonds is 9. The fourth-order valence-electron chi connectivity index (χ4n) is 4.14. The summed E-state index contributed by atoms with van der Waals surface area (Å²) in [6.07, 6.45) is -4.36. The average molecular weight is 546 g/mol. The quantitative estimate of drug-likeness (QED) is 0.235. The summed E-state index contributed by atoms with van der Waals surface area (Å²) in [5.74, 6) is 1.26. The lowest BCUT2D eigenvalue weighted by Gasteiger charge is -2.37. The van der Waals surface area contributed by atoms with Crippen LogP contribution >= 0.6 is 11.8 Å². The summed E-state index contributed by atoms with van der Waals surface area (Å²) < 4.78 is 44.3. The summed E-state index contributed by atoms with van der Waals surface area (Å²) in [5.41, 5.74) is 2.34. The highest BCUT2D eigenvalue weighted by molar-refractivity contribution is 7.98. The van der Waals surface area contributed by atoms with Gasteiger partial charge < -0.3 is 19.9 Å². The van der Waals surface area contributed by atoms with E-state index in [2.05, 4.69) is 15.2 Å². The highest BCUT2D eigenvalue weighted by Crippen LogP contribution is 2.32. The van der Waals surface area contributed by atoms with Crippen molar-refractivity contribution in [3.8, 4) is 0 Å². The van der Waals surface area contributed by atoms with E-state index in [1.807, 2.05) is 36.1 Å². The van der Waals surface area contributed by atoms with E-state index in [4.69, 9.17) is 9.72 Å². The van der Waals surface area contributed by atoms with Gasteiger partial charge >= 0.3 is 6.18 Å². The molecule has 0 radical (unpaired) electrons. The second kappa shape index (κ2) is 12.5. The highest BCUT2D eigenvalue weighted by atomic mass is 32.2. The van der Waals surface area contributed by atoms with E-state index in [1.54, 1.807) is 19.2 Å². The van der Waals surface area contributed by atoms with Crippen molar-refractivity contribution in [2.75, 3.05) is 56.2 Å². The minimum Gasteiger partial charge on any atom is -0.383 e. The van der Waals surface area contributed by atoms with Crippen LogP contribution in [-0.4, -0.2) is 62.3 Å². The van der Waals surface area contributed by atoms with E-state index in [-0.39, 0.29) is 5.91 Å². The Morgan fingerprint density at radius 2 is 1.76 bits per heavy atom. The second-order valence-corrected chi connectivity index (χ2v) is 9.85. The molecular weight excluding hydrogens is 515 g/mol. The van der Waals surface area contributed by atoms with Gasteiger partial charge in [0.2, 0.25) is 0 Å². The van der Waals surface area contributed by atoms with Gasteiger partial charge in [-0.1, -0.05) is 30.0 Å². The van der Waals surface area contributed by atoms with Crippen LogP contribution in [0.3, 0.4) is 0 Å². The maximum atomic E-state index is 13.1. The number of hydrogen-bond acceptors (Lipinski definition) is 7. The Morgan fingerprint density at radius 1 is 1.03 bits per heavy atom. The number of anilines is 2. The van der Waals surface area contributed by atoms with Crippen LogP contribution in [0.1, 0.15) is 27.2 Å². The van der Waals surface area contributed by atoms with Crippen LogP contribution in [0.15, 0.2) is 59.8 Å². The molecule has 1 fully saturated rings. The van der Waals surface area contributed by atoms with Gasteiger partial charge in [-0.2, -0.15) is 13.2 Å². The molecule has 7 nitrogen and oxygen atoms in total. The number of aromatic nitrogens is 2. The lowest BCUT2D eigenvalue weighted by Crippen LogP contribution is -2.47. The van der Waals surface area contributed by atoms with E-state index >= 15 is 0 Å². The third-order valence-corrected chi connectivity index (χ3v) is 7.03. The van der Waals surface area contributed by atoms with Crippen LogP contribution in [0, 0.1) is 6.92 Å². The lowest BCUT2D eigenvalue weighted by molar-refractivity contribution is -0.137. The van der Waals surface area contributed by atoms with Crippen molar-refractivity contribution in [3.63, 3.8) is 0 Å². The molecule has 0 bridgehead atoms. The molecule has 1 amide bonds. The molecule has 0 saturated carbocycles. The second-order valence-electron chi connectivity index (χ2n) is 8.91. The molecule has 1 aliphatic rings. The topological polar surface area (TPSA) is 70.6 Å². The van der Waals surface area contributed by atoms with E-state index in [0.29, 0.717) is 61.5 Å². The Kier molecular flexibility index (Phi) is 9.11. The van der Waals surface area contributed by atoms with Gasteiger partial charge in [-0.15, -0.1) is 0 Å². The van der Waals surface area contributed by atoms with Crippen LogP contribution in [0.25, 0.3) is 0 Å². The van der Waals surface area contributed by atoms with Gasteiger partial charge in [0.15, 0.2) is 5.16 Å². The van der Waals surface area contributed by atoms with E-state index in [0.717, 1.165) is 23.1 Å². The SMILES string of the molecule is COCCNC(=O)c1cccc(CSc2nc(C)cc(N3CCN(c4cccc(C(F)(F)F)c4)CC3)n2)c1. The number of aryl methyl sites for hydroxylation is 1. The van der Waals surface area contributed by atoms with Gasteiger partial charge in [0.05, 0.1) is 12.2 Å². The predicted molar refractivity (Wildman–Crippen MR) is 143 cm³/mol. The summed E-state index contributed by atoms with van der Waals surface area (Å²) in [6.45, 7) is 5.27. The van der Waals surface area contributed by atoms with Crippen LogP contribution < -0.4 is 15.1 Å². The predicted octanol–water partition coefficient (Wildman–Crippen LogP) is 4.80. The molecule has 3 aromatic rings. The molecule has 38 heavy (non-hydrogen) atoms. The molecule has 1 aromatic heterocycles. The number of carbonyl (C=O) groups excluding carboxylic acids is 1. The first-order valence-corrected chi connectivity index (χ1v) is 13.2. The van der Waals surface area contributed by atoms with Crippen LogP contribution in [0.2, 0.25) is 0 Å². The normalized spacial score (nSPS) is 14.0. The van der Waals surface area contributed by atoms with Crippen LogP contribution in [0.5, 0.6) is 0 Å². The van der Waals surface area contributed by atoms with Gasteiger partial charge in [-0.05, 0) is 42.8 Å². The summed E-state index contributed by atoms with van der Waals surface area (Å²) in [4.78, 5) is 25.7. The molecule has 0 atom stereocenters. The first-order chi connectivity index (χ1) is 18.2. The summed E-state index contributed by atoms with van der Waals surface area (Å²) >= 11 is 1.49. The van der Waals surface area contributed by atoms with Crippen molar-refractivity contribution in [2.24, 2.45) is 0 Å². The Morgan fingerprint density at radius 3 is 2.50 bits per heavy atom. The molecule has 2 heterocycles. The monoisotopic (exact) mass is 545 g/mol. The molecule has 1 saturated heterocycles. The van der Waals surface area contributed by atoms with Gasteiger partial charge in [-0.3, -0.25) is 4.79 Å². The fourth-order valence-corrected chi connectivity index (χ4v) is 4.99. The van der Waals surface area contributed by atoms with Crippen molar-refractivity contribution < 1.29 is 22.7 Å². The molecule has 1 aliphatic heterocycles. The number of ether oxygens (including phenoxy) is 1. The Labute approximate surface area is 224 Å². The fraction of sp³-hybridized carbons (Fsp3) is 0.370. The van der Waals surface area contributed by atoms with Crippen LogP contribution in [-0.2, 0) is 16.7 Å². The van der Waals surface area contributed by atoms with E-state index in [9.17, 15) is 18.0 Å². The number of methoxy groups -OCH3 is 1. The molecular formula is C27H30F3N5O2S. The van der Waals surface area contributed by atoms with Gasteiger partial charge in [0.25, 0.3) is 5.91 Å². The number of hydrogen-bond donors (Lipinski definition) is 1. The lowest BCUT2D eigenvalue weighted by atomic mass is 10.1.